The number of sulfonamides is 1. The van der Waals surface area contributed by atoms with Crippen LogP contribution in [0.15, 0.2) is 71.6 Å². The van der Waals surface area contributed by atoms with Crippen molar-refractivity contribution in [2.75, 3.05) is 24.1 Å². The highest BCUT2D eigenvalue weighted by Gasteiger charge is 2.28. The second kappa shape index (κ2) is 10.6. The summed E-state index contributed by atoms with van der Waals surface area (Å²) in [6, 6.07) is 18.2. The first kappa shape index (κ1) is 25.0. The van der Waals surface area contributed by atoms with E-state index in [-0.39, 0.29) is 17.0 Å². The molecule has 35 heavy (non-hydrogen) atoms. The molecule has 0 atom stereocenters. The third kappa shape index (κ3) is 5.42. The van der Waals surface area contributed by atoms with Gasteiger partial charge in [0.25, 0.3) is 5.91 Å². The number of para-hydroxylation sites is 1. The number of rotatable bonds is 6. The summed E-state index contributed by atoms with van der Waals surface area (Å²) in [5.41, 5.74) is 0.803. The Hall–Kier alpha value is -3.14. The molecule has 184 valence electrons. The Bertz CT molecular complexity index is 1330. The Kier molecular flexibility index (Phi) is 7.59. The number of nitrogens with zero attached hydrogens (tertiary/aromatic N) is 2. The first-order valence-electron chi connectivity index (χ1n) is 11.3. The van der Waals surface area contributed by atoms with Crippen molar-refractivity contribution in [2.45, 2.75) is 30.7 Å². The molecule has 0 unspecified atom stereocenters. The quantitative estimate of drug-likeness (QED) is 0.486. The molecule has 10 heteroatoms. The lowest BCUT2D eigenvalue weighted by Gasteiger charge is -2.31. The van der Waals surface area contributed by atoms with Crippen molar-refractivity contribution in [2.24, 2.45) is 0 Å². The SMILES string of the molecule is CCOC(=O)N1CCC(NS(=O)(=O)c2cccc3c(C(=O)N(Cl)c4ccccc4)cccc23)CC1. The van der Waals surface area contributed by atoms with Gasteiger partial charge in [0.1, 0.15) is 0 Å². The van der Waals surface area contributed by atoms with Crippen LogP contribution in [0.3, 0.4) is 0 Å². The van der Waals surface area contributed by atoms with Gasteiger partial charge in [-0.25, -0.2) is 22.4 Å². The van der Waals surface area contributed by atoms with Crippen LogP contribution in [0.4, 0.5) is 10.5 Å². The number of ether oxygens (including phenoxy) is 1. The van der Waals surface area contributed by atoms with Gasteiger partial charge in [0.05, 0.1) is 17.2 Å². The highest BCUT2D eigenvalue weighted by molar-refractivity contribution is 7.89. The number of carbonyl (C=O) groups excluding carboxylic acids is 2. The van der Waals surface area contributed by atoms with E-state index in [1.54, 1.807) is 66.4 Å². The van der Waals surface area contributed by atoms with Crippen LogP contribution in [0.2, 0.25) is 0 Å². The maximum Gasteiger partial charge on any atom is 0.409 e. The predicted octanol–water partition coefficient (Wildman–Crippen LogP) is 4.54. The van der Waals surface area contributed by atoms with Gasteiger partial charge in [0.2, 0.25) is 10.0 Å². The number of halogens is 1. The van der Waals surface area contributed by atoms with Crippen LogP contribution in [-0.2, 0) is 14.8 Å². The molecule has 1 heterocycles. The number of nitrogens with one attached hydrogen (secondary N) is 1. The smallest absolute Gasteiger partial charge is 0.409 e. The average Bonchev–Trinajstić information content (AvgIpc) is 2.88. The summed E-state index contributed by atoms with van der Waals surface area (Å²) in [5, 5.41) is 0.909. The number of piperidine rings is 1. The van der Waals surface area contributed by atoms with Gasteiger partial charge < -0.3 is 9.64 Å². The maximum absolute atomic E-state index is 13.3. The van der Waals surface area contributed by atoms with E-state index in [0.29, 0.717) is 54.6 Å². The van der Waals surface area contributed by atoms with Crippen LogP contribution in [0.25, 0.3) is 10.8 Å². The van der Waals surface area contributed by atoms with Crippen LogP contribution in [-0.4, -0.2) is 51.1 Å². The summed E-state index contributed by atoms with van der Waals surface area (Å²) in [5.74, 6) is -0.461. The first-order valence-corrected chi connectivity index (χ1v) is 13.1. The molecule has 0 bridgehead atoms. The van der Waals surface area contributed by atoms with Gasteiger partial charge >= 0.3 is 6.09 Å². The zero-order valence-corrected chi connectivity index (χ0v) is 20.8. The van der Waals surface area contributed by atoms with Crippen molar-refractivity contribution >= 4 is 50.3 Å². The van der Waals surface area contributed by atoms with Crippen LogP contribution in [0, 0.1) is 0 Å². The summed E-state index contributed by atoms with van der Waals surface area (Å²) < 4.78 is 35.5. The highest BCUT2D eigenvalue weighted by atomic mass is 35.5. The zero-order chi connectivity index (χ0) is 25.0. The lowest BCUT2D eigenvalue weighted by atomic mass is 10.0. The Labute approximate surface area is 209 Å². The average molecular weight is 516 g/mol. The predicted molar refractivity (Wildman–Crippen MR) is 135 cm³/mol. The van der Waals surface area contributed by atoms with Crippen LogP contribution < -0.4 is 9.14 Å². The molecular formula is C25H26ClN3O5S. The molecule has 1 aliphatic heterocycles. The van der Waals surface area contributed by atoms with E-state index in [1.807, 2.05) is 6.07 Å². The Morgan fingerprint density at radius 2 is 1.66 bits per heavy atom. The molecule has 0 aliphatic carbocycles. The monoisotopic (exact) mass is 515 g/mol. The summed E-state index contributed by atoms with van der Waals surface area (Å²) >= 11 is 6.32. The molecular weight excluding hydrogens is 490 g/mol. The standard InChI is InChI=1S/C25H26ClN3O5S/c1-2-34-25(31)28-16-14-18(15-17-28)27-35(32,33)23-13-7-10-20-21(23)11-6-12-22(20)24(30)29(26)19-8-4-3-5-9-19/h3-13,18,27H,2,14-17H2,1H3. The van der Waals surface area contributed by atoms with E-state index in [9.17, 15) is 18.0 Å². The minimum Gasteiger partial charge on any atom is -0.450 e. The van der Waals surface area contributed by atoms with E-state index in [4.69, 9.17) is 16.5 Å². The topological polar surface area (TPSA) is 96.0 Å². The van der Waals surface area contributed by atoms with Gasteiger partial charge in [0, 0.05) is 41.9 Å². The number of benzene rings is 3. The molecule has 2 amide bonds. The van der Waals surface area contributed by atoms with E-state index in [2.05, 4.69) is 4.72 Å². The summed E-state index contributed by atoms with van der Waals surface area (Å²) in [6.45, 7) is 2.86. The molecule has 0 spiro atoms. The number of amides is 2. The molecule has 4 rings (SSSR count). The first-order chi connectivity index (χ1) is 16.8. The van der Waals surface area contributed by atoms with E-state index in [0.717, 1.165) is 4.42 Å². The molecule has 0 saturated carbocycles. The Morgan fingerprint density at radius 3 is 2.34 bits per heavy atom. The van der Waals surface area contributed by atoms with Crippen molar-refractivity contribution < 1.29 is 22.7 Å². The fraction of sp³-hybridized carbons (Fsp3) is 0.280. The van der Waals surface area contributed by atoms with Crippen LogP contribution in [0.1, 0.15) is 30.1 Å². The molecule has 1 N–H and O–H groups in total. The maximum atomic E-state index is 13.3. The second-order valence-corrected chi connectivity index (χ2v) is 10.2. The van der Waals surface area contributed by atoms with Gasteiger partial charge in [-0.15, -0.1) is 0 Å². The number of fused-ring (bicyclic) bond motifs is 1. The zero-order valence-electron chi connectivity index (χ0n) is 19.2. The van der Waals surface area contributed by atoms with Crippen molar-refractivity contribution in [3.63, 3.8) is 0 Å². The van der Waals surface area contributed by atoms with Gasteiger partial charge in [-0.1, -0.05) is 42.5 Å². The van der Waals surface area contributed by atoms with E-state index < -0.39 is 15.9 Å². The summed E-state index contributed by atoms with van der Waals surface area (Å²) in [4.78, 5) is 26.7. The Balaban J connectivity index is 1.57. The molecule has 1 aliphatic rings. The van der Waals surface area contributed by atoms with E-state index >= 15 is 0 Å². The van der Waals surface area contributed by atoms with Crippen molar-refractivity contribution in [3.05, 3.63) is 72.3 Å². The summed E-state index contributed by atoms with van der Waals surface area (Å²) in [7, 11) is -3.89. The molecule has 1 fully saturated rings. The fourth-order valence-corrected chi connectivity index (χ4v) is 5.89. The molecule has 0 aromatic heterocycles. The molecule has 8 nitrogen and oxygen atoms in total. The number of likely N-dealkylation sites (tertiary alicyclic amines) is 1. The lowest BCUT2D eigenvalue weighted by molar-refractivity contribution is 0.0964. The number of hydrogen-bond acceptors (Lipinski definition) is 5. The number of carbonyl (C=O) groups is 2. The van der Waals surface area contributed by atoms with Crippen molar-refractivity contribution in [3.8, 4) is 0 Å². The number of anilines is 1. The largest absolute Gasteiger partial charge is 0.450 e. The van der Waals surface area contributed by atoms with E-state index in [1.165, 1.54) is 6.07 Å². The molecule has 3 aromatic rings. The Morgan fingerprint density at radius 1 is 1.00 bits per heavy atom. The highest BCUT2D eigenvalue weighted by Crippen LogP contribution is 2.29. The number of hydrogen-bond donors (Lipinski definition) is 1. The van der Waals surface area contributed by atoms with Gasteiger partial charge in [-0.3, -0.25) is 4.79 Å². The third-order valence-corrected chi connectivity index (χ3v) is 7.83. The normalized spacial score (nSPS) is 14.6. The summed E-state index contributed by atoms with van der Waals surface area (Å²) in [6.07, 6.45) is 0.569. The van der Waals surface area contributed by atoms with Gasteiger partial charge in [-0.2, -0.15) is 0 Å². The van der Waals surface area contributed by atoms with Gasteiger partial charge in [0.15, 0.2) is 0 Å². The molecule has 1 saturated heterocycles. The fourth-order valence-electron chi connectivity index (χ4n) is 4.16. The second-order valence-electron chi connectivity index (χ2n) is 8.16. The van der Waals surface area contributed by atoms with Crippen molar-refractivity contribution in [1.82, 2.24) is 9.62 Å². The molecule has 0 radical (unpaired) electrons. The molecule has 3 aromatic carbocycles. The third-order valence-electron chi connectivity index (χ3n) is 5.91. The minimum atomic E-state index is -3.89. The lowest BCUT2D eigenvalue weighted by Crippen LogP contribution is -2.46. The van der Waals surface area contributed by atoms with Crippen molar-refractivity contribution in [1.29, 1.82) is 0 Å². The van der Waals surface area contributed by atoms with Crippen LogP contribution in [0.5, 0.6) is 0 Å². The van der Waals surface area contributed by atoms with Gasteiger partial charge in [-0.05, 0) is 49.4 Å². The minimum absolute atomic E-state index is 0.0818. The van der Waals surface area contributed by atoms with Crippen LogP contribution >= 0.6 is 11.8 Å².